The Bertz CT molecular complexity index is 241. The molecule has 1 aliphatic carbocycles. The van der Waals surface area contributed by atoms with E-state index in [0.717, 1.165) is 32.2 Å². The number of thioether (sulfide) groups is 1. The molecule has 0 spiro atoms. The molecular formula is C12H22N2OS. The third kappa shape index (κ3) is 3.39. The molecule has 3 nitrogen and oxygen atoms in total. The summed E-state index contributed by atoms with van der Waals surface area (Å²) in [7, 11) is 0. The van der Waals surface area contributed by atoms with Crippen LogP contribution in [0.5, 0.6) is 0 Å². The highest BCUT2D eigenvalue weighted by atomic mass is 32.2. The summed E-state index contributed by atoms with van der Waals surface area (Å²) in [4.78, 5) is 11.9. The average molecular weight is 242 g/mol. The number of nitrogens with two attached hydrogens (primary N) is 1. The molecule has 0 aromatic carbocycles. The number of hydrogen-bond acceptors (Lipinski definition) is 3. The number of carbonyl (C=O) groups is 1. The monoisotopic (exact) mass is 242 g/mol. The normalized spacial score (nSPS) is 34.9. The molecule has 0 radical (unpaired) electrons. The number of hydrogen-bond donors (Lipinski definition) is 2. The first-order chi connectivity index (χ1) is 7.75. The van der Waals surface area contributed by atoms with Crippen LogP contribution < -0.4 is 11.1 Å². The third-order valence-electron chi connectivity index (χ3n) is 3.61. The van der Waals surface area contributed by atoms with Crippen LogP contribution in [-0.4, -0.2) is 29.5 Å². The minimum atomic E-state index is 0.176. The fourth-order valence-electron chi connectivity index (χ4n) is 2.63. The summed E-state index contributed by atoms with van der Waals surface area (Å²) in [6.07, 6.45) is 6.66. The molecule has 92 valence electrons. The minimum absolute atomic E-state index is 0.176. The summed E-state index contributed by atoms with van der Waals surface area (Å²) in [5.41, 5.74) is 5.90. The summed E-state index contributed by atoms with van der Waals surface area (Å²) in [6.45, 7) is 0.856. The maximum absolute atomic E-state index is 11.9. The van der Waals surface area contributed by atoms with E-state index in [1.807, 2.05) is 11.8 Å². The summed E-state index contributed by atoms with van der Waals surface area (Å²) < 4.78 is 0. The van der Waals surface area contributed by atoms with Crippen LogP contribution in [0.15, 0.2) is 0 Å². The van der Waals surface area contributed by atoms with Crippen LogP contribution in [-0.2, 0) is 4.79 Å². The number of carbonyl (C=O) groups excluding carboxylic acids is 1. The fourth-order valence-corrected chi connectivity index (χ4v) is 3.83. The van der Waals surface area contributed by atoms with Crippen LogP contribution >= 0.6 is 11.8 Å². The second-order valence-electron chi connectivity index (χ2n) is 5.00. The quantitative estimate of drug-likeness (QED) is 0.789. The van der Waals surface area contributed by atoms with Gasteiger partial charge in [0.05, 0.1) is 0 Å². The van der Waals surface area contributed by atoms with Gasteiger partial charge >= 0.3 is 0 Å². The molecule has 1 saturated carbocycles. The first-order valence-electron chi connectivity index (χ1n) is 6.40. The zero-order chi connectivity index (χ0) is 11.4. The standard InChI is InChI=1S/C12H22N2OS/c13-10-4-1-3-9(7-10)12(15)14-8-11-5-2-6-16-11/h9-11H,1-8,13H2,(H,14,15). The summed E-state index contributed by atoms with van der Waals surface area (Å²) in [5.74, 6) is 1.67. The van der Waals surface area contributed by atoms with Crippen molar-refractivity contribution in [1.29, 1.82) is 0 Å². The van der Waals surface area contributed by atoms with E-state index in [-0.39, 0.29) is 17.9 Å². The smallest absolute Gasteiger partial charge is 0.223 e. The molecule has 1 saturated heterocycles. The zero-order valence-electron chi connectivity index (χ0n) is 9.78. The van der Waals surface area contributed by atoms with Crippen molar-refractivity contribution in [1.82, 2.24) is 5.32 Å². The van der Waals surface area contributed by atoms with E-state index >= 15 is 0 Å². The molecule has 4 heteroatoms. The van der Waals surface area contributed by atoms with Gasteiger partial charge < -0.3 is 11.1 Å². The molecule has 0 bridgehead atoms. The predicted molar refractivity (Wildman–Crippen MR) is 68.4 cm³/mol. The van der Waals surface area contributed by atoms with Gasteiger partial charge in [-0.25, -0.2) is 0 Å². The molecule has 3 atom stereocenters. The number of nitrogens with one attached hydrogen (secondary N) is 1. The van der Waals surface area contributed by atoms with E-state index in [4.69, 9.17) is 5.73 Å². The van der Waals surface area contributed by atoms with E-state index in [9.17, 15) is 4.79 Å². The van der Waals surface area contributed by atoms with Crippen molar-refractivity contribution < 1.29 is 4.79 Å². The number of rotatable bonds is 3. The van der Waals surface area contributed by atoms with Crippen LogP contribution in [0.2, 0.25) is 0 Å². The lowest BCUT2D eigenvalue weighted by Gasteiger charge is -2.26. The van der Waals surface area contributed by atoms with Gasteiger partial charge in [0.15, 0.2) is 0 Å². The van der Waals surface area contributed by atoms with Crippen molar-refractivity contribution in [2.75, 3.05) is 12.3 Å². The molecule has 1 amide bonds. The van der Waals surface area contributed by atoms with Crippen molar-refractivity contribution in [3.05, 3.63) is 0 Å². The van der Waals surface area contributed by atoms with Crippen molar-refractivity contribution in [3.8, 4) is 0 Å². The van der Waals surface area contributed by atoms with Gasteiger partial charge in [0.1, 0.15) is 0 Å². The second kappa shape index (κ2) is 5.92. The Morgan fingerprint density at radius 2 is 2.19 bits per heavy atom. The van der Waals surface area contributed by atoms with Gasteiger partial charge in [0, 0.05) is 23.8 Å². The van der Waals surface area contributed by atoms with Gasteiger partial charge in [-0.15, -0.1) is 0 Å². The van der Waals surface area contributed by atoms with Crippen LogP contribution in [0.4, 0.5) is 0 Å². The first kappa shape index (κ1) is 12.2. The van der Waals surface area contributed by atoms with Crippen molar-refractivity contribution in [2.24, 2.45) is 11.7 Å². The predicted octanol–water partition coefficient (Wildman–Crippen LogP) is 1.52. The molecule has 2 aliphatic rings. The summed E-state index contributed by atoms with van der Waals surface area (Å²) in [6, 6.07) is 0.241. The highest BCUT2D eigenvalue weighted by molar-refractivity contribution is 8.00. The summed E-state index contributed by atoms with van der Waals surface area (Å²) in [5, 5.41) is 3.75. The fraction of sp³-hybridized carbons (Fsp3) is 0.917. The van der Waals surface area contributed by atoms with Gasteiger partial charge in [-0.05, 0) is 37.9 Å². The Morgan fingerprint density at radius 1 is 1.31 bits per heavy atom. The Morgan fingerprint density at radius 3 is 2.88 bits per heavy atom. The molecule has 2 fully saturated rings. The van der Waals surface area contributed by atoms with Gasteiger partial charge in [-0.2, -0.15) is 11.8 Å². The molecular weight excluding hydrogens is 220 g/mol. The van der Waals surface area contributed by atoms with E-state index < -0.39 is 0 Å². The van der Waals surface area contributed by atoms with Gasteiger partial charge in [-0.3, -0.25) is 4.79 Å². The minimum Gasteiger partial charge on any atom is -0.355 e. The van der Waals surface area contributed by atoms with E-state index in [0.29, 0.717) is 5.25 Å². The molecule has 3 unspecified atom stereocenters. The second-order valence-corrected chi connectivity index (χ2v) is 6.41. The Kier molecular flexibility index (Phi) is 4.53. The Labute approximate surface area is 102 Å². The molecule has 3 N–H and O–H groups in total. The topological polar surface area (TPSA) is 55.1 Å². The highest BCUT2D eigenvalue weighted by Gasteiger charge is 2.26. The average Bonchev–Trinajstić information content (AvgIpc) is 2.78. The Hall–Kier alpha value is -0.220. The lowest BCUT2D eigenvalue weighted by atomic mass is 9.85. The molecule has 1 aliphatic heterocycles. The van der Waals surface area contributed by atoms with Crippen LogP contribution in [0.25, 0.3) is 0 Å². The molecule has 16 heavy (non-hydrogen) atoms. The SMILES string of the molecule is NC1CCCC(C(=O)NCC2CCCS2)C1. The van der Waals surface area contributed by atoms with Gasteiger partial charge in [0.2, 0.25) is 5.91 Å². The number of amides is 1. The maximum Gasteiger partial charge on any atom is 0.223 e. The summed E-state index contributed by atoms with van der Waals surface area (Å²) >= 11 is 1.99. The highest BCUT2D eigenvalue weighted by Crippen LogP contribution is 2.26. The molecule has 0 aromatic heterocycles. The van der Waals surface area contributed by atoms with Gasteiger partial charge in [0.25, 0.3) is 0 Å². The van der Waals surface area contributed by atoms with E-state index in [1.165, 1.54) is 18.6 Å². The third-order valence-corrected chi connectivity index (χ3v) is 5.01. The molecule has 1 heterocycles. The van der Waals surface area contributed by atoms with Crippen molar-refractivity contribution in [2.45, 2.75) is 49.8 Å². The molecule has 2 rings (SSSR count). The van der Waals surface area contributed by atoms with Crippen molar-refractivity contribution >= 4 is 17.7 Å². The van der Waals surface area contributed by atoms with Crippen molar-refractivity contribution in [3.63, 3.8) is 0 Å². The van der Waals surface area contributed by atoms with Crippen LogP contribution in [0, 0.1) is 5.92 Å². The zero-order valence-corrected chi connectivity index (χ0v) is 10.6. The van der Waals surface area contributed by atoms with Gasteiger partial charge in [-0.1, -0.05) is 6.42 Å². The van der Waals surface area contributed by atoms with Crippen LogP contribution in [0.1, 0.15) is 38.5 Å². The first-order valence-corrected chi connectivity index (χ1v) is 7.45. The largest absolute Gasteiger partial charge is 0.355 e. The lowest BCUT2D eigenvalue weighted by molar-refractivity contribution is -0.126. The lowest BCUT2D eigenvalue weighted by Crippen LogP contribution is -2.39. The van der Waals surface area contributed by atoms with Crippen LogP contribution in [0.3, 0.4) is 0 Å². The Balaban J connectivity index is 1.70. The maximum atomic E-state index is 11.9. The molecule has 0 aromatic rings. The van der Waals surface area contributed by atoms with E-state index in [1.54, 1.807) is 0 Å². The van der Waals surface area contributed by atoms with E-state index in [2.05, 4.69) is 5.32 Å².